The SMILES string of the molecule is CC(O)COCC(O)CCl. The molecule has 0 aromatic heterocycles. The van der Waals surface area contributed by atoms with E-state index in [1.807, 2.05) is 0 Å². The van der Waals surface area contributed by atoms with Crippen LogP contribution in [0.15, 0.2) is 0 Å². The fraction of sp³-hybridized carbons (Fsp3) is 1.00. The number of hydrogen-bond acceptors (Lipinski definition) is 3. The van der Waals surface area contributed by atoms with Gasteiger partial charge in [-0.3, -0.25) is 0 Å². The van der Waals surface area contributed by atoms with Crippen molar-refractivity contribution < 1.29 is 14.9 Å². The maximum Gasteiger partial charge on any atom is 0.0908 e. The Hall–Kier alpha value is 0.170. The lowest BCUT2D eigenvalue weighted by Gasteiger charge is -2.08. The molecule has 0 heterocycles. The number of aliphatic hydroxyl groups is 2. The first-order chi connectivity index (χ1) is 4.66. The molecular formula is C6H13ClO3. The van der Waals surface area contributed by atoms with Crippen molar-refractivity contribution in [3.8, 4) is 0 Å². The molecule has 0 saturated heterocycles. The molecular weight excluding hydrogens is 156 g/mol. The first-order valence-corrected chi connectivity index (χ1v) is 3.70. The largest absolute Gasteiger partial charge is 0.391 e. The van der Waals surface area contributed by atoms with Crippen LogP contribution < -0.4 is 0 Å². The molecule has 0 aromatic rings. The molecule has 2 atom stereocenters. The summed E-state index contributed by atoms with van der Waals surface area (Å²) in [5.41, 5.74) is 0. The third-order valence-corrected chi connectivity index (χ3v) is 1.20. The molecule has 0 rings (SSSR count). The topological polar surface area (TPSA) is 49.7 Å². The third kappa shape index (κ3) is 6.29. The summed E-state index contributed by atoms with van der Waals surface area (Å²) in [6.45, 7) is 2.05. The van der Waals surface area contributed by atoms with Crippen LogP contribution in [0.25, 0.3) is 0 Å². The molecule has 3 nitrogen and oxygen atoms in total. The van der Waals surface area contributed by atoms with E-state index in [0.29, 0.717) is 0 Å². The highest BCUT2D eigenvalue weighted by Gasteiger charge is 2.02. The predicted molar refractivity (Wildman–Crippen MR) is 39.2 cm³/mol. The van der Waals surface area contributed by atoms with Crippen LogP contribution in [0.1, 0.15) is 6.92 Å². The van der Waals surface area contributed by atoms with Crippen LogP contribution in [0.4, 0.5) is 0 Å². The Balaban J connectivity index is 3.03. The second kappa shape index (κ2) is 5.92. The maximum absolute atomic E-state index is 8.83. The second-order valence-corrected chi connectivity index (χ2v) is 2.50. The van der Waals surface area contributed by atoms with Gasteiger partial charge in [-0.1, -0.05) is 0 Å². The molecule has 0 bridgehead atoms. The van der Waals surface area contributed by atoms with Crippen molar-refractivity contribution in [1.82, 2.24) is 0 Å². The van der Waals surface area contributed by atoms with Gasteiger partial charge in [-0.25, -0.2) is 0 Å². The minimum atomic E-state index is -0.625. The first kappa shape index (κ1) is 10.2. The minimum Gasteiger partial charge on any atom is -0.391 e. The van der Waals surface area contributed by atoms with Crippen molar-refractivity contribution in [2.75, 3.05) is 19.1 Å². The Labute approximate surface area is 65.6 Å². The standard InChI is InChI=1S/C6H13ClO3/c1-5(8)3-10-4-6(9)2-7/h5-6,8-9H,2-4H2,1H3. The molecule has 0 amide bonds. The number of halogens is 1. The van der Waals surface area contributed by atoms with Crippen molar-refractivity contribution >= 4 is 11.6 Å². The Kier molecular flexibility index (Phi) is 6.02. The lowest BCUT2D eigenvalue weighted by molar-refractivity contribution is 0.00492. The van der Waals surface area contributed by atoms with Gasteiger partial charge in [-0.05, 0) is 6.92 Å². The van der Waals surface area contributed by atoms with Gasteiger partial charge in [-0.15, -0.1) is 11.6 Å². The van der Waals surface area contributed by atoms with E-state index in [-0.39, 0.29) is 19.1 Å². The van der Waals surface area contributed by atoms with E-state index in [9.17, 15) is 0 Å². The van der Waals surface area contributed by atoms with E-state index in [4.69, 9.17) is 26.6 Å². The summed E-state index contributed by atoms with van der Waals surface area (Å²) in [7, 11) is 0. The van der Waals surface area contributed by atoms with Gasteiger partial charge < -0.3 is 14.9 Å². The van der Waals surface area contributed by atoms with Gasteiger partial charge in [0.2, 0.25) is 0 Å². The quantitative estimate of drug-likeness (QED) is 0.568. The average molecular weight is 169 g/mol. The zero-order chi connectivity index (χ0) is 7.98. The molecule has 4 heteroatoms. The van der Waals surface area contributed by atoms with Crippen molar-refractivity contribution in [2.24, 2.45) is 0 Å². The monoisotopic (exact) mass is 168 g/mol. The summed E-state index contributed by atoms with van der Waals surface area (Å²) in [5.74, 6) is 0.166. The van der Waals surface area contributed by atoms with Crippen LogP contribution in [0.5, 0.6) is 0 Å². The highest BCUT2D eigenvalue weighted by molar-refractivity contribution is 6.18. The fourth-order valence-electron chi connectivity index (χ4n) is 0.419. The Bertz CT molecular complexity index is 77.4. The van der Waals surface area contributed by atoms with Crippen LogP contribution in [0.2, 0.25) is 0 Å². The van der Waals surface area contributed by atoms with Gasteiger partial charge in [0.05, 0.1) is 31.3 Å². The van der Waals surface area contributed by atoms with Crippen LogP contribution in [-0.2, 0) is 4.74 Å². The van der Waals surface area contributed by atoms with Crippen LogP contribution in [0, 0.1) is 0 Å². The molecule has 0 aromatic carbocycles. The first-order valence-electron chi connectivity index (χ1n) is 3.16. The predicted octanol–water partition coefficient (Wildman–Crippen LogP) is -0.0165. The molecule has 0 radical (unpaired) electrons. The van der Waals surface area contributed by atoms with Crippen molar-refractivity contribution in [3.63, 3.8) is 0 Å². The van der Waals surface area contributed by atoms with Crippen molar-refractivity contribution in [3.05, 3.63) is 0 Å². The smallest absolute Gasteiger partial charge is 0.0908 e. The van der Waals surface area contributed by atoms with Gasteiger partial charge in [-0.2, -0.15) is 0 Å². The molecule has 0 saturated carbocycles. The normalized spacial score (nSPS) is 16.8. The van der Waals surface area contributed by atoms with Gasteiger partial charge in [0.25, 0.3) is 0 Å². The molecule has 0 aliphatic heterocycles. The lowest BCUT2D eigenvalue weighted by atomic mass is 10.4. The maximum atomic E-state index is 8.83. The molecule has 2 N–H and O–H groups in total. The van der Waals surface area contributed by atoms with Crippen molar-refractivity contribution in [2.45, 2.75) is 19.1 Å². The van der Waals surface area contributed by atoms with E-state index in [1.165, 1.54) is 0 Å². The van der Waals surface area contributed by atoms with E-state index >= 15 is 0 Å². The van der Waals surface area contributed by atoms with Crippen LogP contribution >= 0.6 is 11.6 Å². The summed E-state index contributed by atoms with van der Waals surface area (Å²) < 4.78 is 4.86. The number of aliphatic hydroxyl groups excluding tert-OH is 2. The van der Waals surface area contributed by atoms with E-state index < -0.39 is 12.2 Å². The van der Waals surface area contributed by atoms with Gasteiger partial charge in [0, 0.05) is 0 Å². The number of hydrogen-bond donors (Lipinski definition) is 2. The Morgan fingerprint density at radius 3 is 2.40 bits per heavy atom. The van der Waals surface area contributed by atoms with E-state index in [0.717, 1.165) is 0 Å². The molecule has 0 fully saturated rings. The highest BCUT2D eigenvalue weighted by atomic mass is 35.5. The summed E-state index contributed by atoms with van der Waals surface area (Å²) in [5, 5.41) is 17.5. The number of alkyl halides is 1. The highest BCUT2D eigenvalue weighted by Crippen LogP contribution is 1.90. The van der Waals surface area contributed by atoms with Gasteiger partial charge in [0.15, 0.2) is 0 Å². The van der Waals surface area contributed by atoms with E-state index in [2.05, 4.69) is 0 Å². The van der Waals surface area contributed by atoms with Gasteiger partial charge in [0.1, 0.15) is 0 Å². The van der Waals surface area contributed by atoms with Crippen LogP contribution in [0.3, 0.4) is 0 Å². The van der Waals surface area contributed by atoms with Gasteiger partial charge >= 0.3 is 0 Å². The Morgan fingerprint density at radius 1 is 1.40 bits per heavy atom. The minimum absolute atomic E-state index is 0.166. The lowest BCUT2D eigenvalue weighted by Crippen LogP contribution is -2.20. The molecule has 2 unspecified atom stereocenters. The zero-order valence-electron chi connectivity index (χ0n) is 5.96. The average Bonchev–Trinajstić information content (AvgIpc) is 1.87. The number of ether oxygens (including phenoxy) is 1. The molecule has 62 valence electrons. The molecule has 0 aliphatic rings. The third-order valence-electron chi connectivity index (χ3n) is 0.847. The summed E-state index contributed by atoms with van der Waals surface area (Å²) in [4.78, 5) is 0. The molecule has 0 aliphatic carbocycles. The summed E-state index contributed by atoms with van der Waals surface area (Å²) in [6, 6.07) is 0. The summed E-state index contributed by atoms with van der Waals surface area (Å²) in [6.07, 6.45) is -1.11. The second-order valence-electron chi connectivity index (χ2n) is 2.19. The Morgan fingerprint density at radius 2 is 2.00 bits per heavy atom. The van der Waals surface area contributed by atoms with Crippen molar-refractivity contribution in [1.29, 1.82) is 0 Å². The molecule has 10 heavy (non-hydrogen) atoms. The fourth-order valence-corrected chi connectivity index (χ4v) is 0.508. The van der Waals surface area contributed by atoms with E-state index in [1.54, 1.807) is 6.92 Å². The summed E-state index contributed by atoms with van der Waals surface area (Å²) >= 11 is 5.27. The number of rotatable bonds is 5. The molecule has 0 spiro atoms. The zero-order valence-corrected chi connectivity index (χ0v) is 6.71. The van der Waals surface area contributed by atoms with Crippen LogP contribution in [-0.4, -0.2) is 41.5 Å².